The van der Waals surface area contributed by atoms with Crippen molar-refractivity contribution in [1.82, 2.24) is 15.1 Å². The second-order valence-electron chi connectivity index (χ2n) is 5.19. The first-order valence-corrected chi connectivity index (χ1v) is 7.26. The summed E-state index contributed by atoms with van der Waals surface area (Å²) in [5.74, 6) is -2.17. The molecule has 132 valence electrons. The van der Waals surface area contributed by atoms with Crippen LogP contribution >= 0.6 is 0 Å². The molecule has 1 aromatic carbocycles. The number of rotatable bonds is 6. The fourth-order valence-electron chi connectivity index (χ4n) is 2.02. The van der Waals surface area contributed by atoms with Crippen molar-refractivity contribution in [2.45, 2.75) is 19.5 Å². The maximum absolute atomic E-state index is 14.1. The van der Waals surface area contributed by atoms with Crippen LogP contribution in [0.3, 0.4) is 0 Å². The minimum absolute atomic E-state index is 0.133. The van der Waals surface area contributed by atoms with Gasteiger partial charge in [-0.3, -0.25) is 14.4 Å². The van der Waals surface area contributed by atoms with Crippen LogP contribution in [0.2, 0.25) is 0 Å². The van der Waals surface area contributed by atoms with Crippen LogP contribution < -0.4 is 15.6 Å². The molecule has 0 radical (unpaired) electrons. The zero-order chi connectivity index (χ0) is 18.6. The van der Waals surface area contributed by atoms with Gasteiger partial charge in [-0.05, 0) is 25.1 Å². The Kier molecular flexibility index (Phi) is 5.48. The first-order chi connectivity index (χ1) is 11.8. The Morgan fingerprint density at radius 1 is 1.36 bits per heavy atom. The molecule has 0 saturated heterocycles. The van der Waals surface area contributed by atoms with E-state index < -0.39 is 35.8 Å². The maximum atomic E-state index is 14.1. The van der Waals surface area contributed by atoms with Crippen molar-refractivity contribution >= 4 is 11.9 Å². The Labute approximate surface area is 141 Å². The summed E-state index contributed by atoms with van der Waals surface area (Å²) in [6.45, 7) is 0.807. The number of hydrogen-bond donors (Lipinski definition) is 2. The fraction of sp³-hybridized carbons (Fsp3) is 0.250. The predicted octanol–water partition coefficient (Wildman–Crippen LogP) is 0.647. The number of carbonyl (C=O) groups is 2. The second kappa shape index (κ2) is 7.56. The van der Waals surface area contributed by atoms with E-state index in [1.807, 2.05) is 0 Å². The van der Waals surface area contributed by atoms with E-state index in [0.717, 1.165) is 10.7 Å². The lowest BCUT2D eigenvalue weighted by Crippen LogP contribution is -2.41. The van der Waals surface area contributed by atoms with Gasteiger partial charge in [0.1, 0.15) is 24.2 Å². The number of nitrogens with zero attached hydrogens (tertiary/aromatic N) is 2. The molecule has 1 amide bonds. The van der Waals surface area contributed by atoms with Crippen LogP contribution in [-0.2, 0) is 16.1 Å². The van der Waals surface area contributed by atoms with Crippen molar-refractivity contribution in [3.05, 3.63) is 46.5 Å². The number of halogens is 1. The standard InChI is InChI=1S/C16H16FN3O5/c1-9(16(23)24)18-14(21)8-20-15(22)6-5-13(19-20)11-4-3-10(25-2)7-12(11)17/h3-7,9H,8H2,1-2H3,(H,18,21)(H,23,24)/t9-/m1/s1. The van der Waals surface area contributed by atoms with E-state index in [0.29, 0.717) is 5.75 Å². The number of hydrogen-bond acceptors (Lipinski definition) is 5. The average molecular weight is 349 g/mol. The monoisotopic (exact) mass is 349 g/mol. The number of carbonyl (C=O) groups excluding carboxylic acids is 1. The van der Waals surface area contributed by atoms with Gasteiger partial charge in [-0.2, -0.15) is 5.10 Å². The topological polar surface area (TPSA) is 111 Å². The molecule has 1 heterocycles. The zero-order valence-corrected chi connectivity index (χ0v) is 13.5. The number of carboxylic acids is 1. The molecule has 0 aliphatic carbocycles. The molecule has 0 fully saturated rings. The molecular weight excluding hydrogens is 333 g/mol. The Bertz CT molecular complexity index is 865. The average Bonchev–Trinajstić information content (AvgIpc) is 2.56. The number of nitrogens with one attached hydrogen (secondary N) is 1. The van der Waals surface area contributed by atoms with Crippen molar-refractivity contribution in [1.29, 1.82) is 0 Å². The van der Waals surface area contributed by atoms with Gasteiger partial charge in [0.15, 0.2) is 0 Å². The third kappa shape index (κ3) is 4.40. The van der Waals surface area contributed by atoms with Crippen LogP contribution in [0.25, 0.3) is 11.3 Å². The molecule has 0 spiro atoms. The van der Waals surface area contributed by atoms with E-state index in [9.17, 15) is 18.8 Å². The highest BCUT2D eigenvalue weighted by Gasteiger charge is 2.16. The third-order valence-corrected chi connectivity index (χ3v) is 3.36. The van der Waals surface area contributed by atoms with Gasteiger partial charge in [0, 0.05) is 17.7 Å². The van der Waals surface area contributed by atoms with E-state index >= 15 is 0 Å². The maximum Gasteiger partial charge on any atom is 0.325 e. The van der Waals surface area contributed by atoms with Gasteiger partial charge in [-0.1, -0.05) is 0 Å². The molecule has 9 heteroatoms. The lowest BCUT2D eigenvalue weighted by molar-refractivity contribution is -0.141. The van der Waals surface area contributed by atoms with Crippen molar-refractivity contribution in [3.8, 4) is 17.0 Å². The normalized spacial score (nSPS) is 11.6. The molecule has 2 aromatic rings. The van der Waals surface area contributed by atoms with Gasteiger partial charge in [0.2, 0.25) is 5.91 Å². The van der Waals surface area contributed by atoms with Crippen molar-refractivity contribution in [2.75, 3.05) is 7.11 Å². The van der Waals surface area contributed by atoms with E-state index in [4.69, 9.17) is 9.84 Å². The predicted molar refractivity (Wildman–Crippen MR) is 85.7 cm³/mol. The molecule has 0 saturated carbocycles. The Hall–Kier alpha value is -3.23. The summed E-state index contributed by atoms with van der Waals surface area (Å²) in [5, 5.41) is 14.9. The molecule has 8 nitrogen and oxygen atoms in total. The third-order valence-electron chi connectivity index (χ3n) is 3.36. The fourth-order valence-corrected chi connectivity index (χ4v) is 2.02. The SMILES string of the molecule is COc1ccc(-c2ccc(=O)n(CC(=O)N[C@H](C)C(=O)O)n2)c(F)c1. The van der Waals surface area contributed by atoms with Gasteiger partial charge in [0.05, 0.1) is 12.8 Å². The van der Waals surface area contributed by atoms with E-state index in [1.165, 1.54) is 38.3 Å². The minimum atomic E-state index is -1.21. The molecule has 1 aromatic heterocycles. The molecular formula is C16H16FN3O5. The molecule has 25 heavy (non-hydrogen) atoms. The Balaban J connectivity index is 2.27. The molecule has 0 aliphatic rings. The van der Waals surface area contributed by atoms with Crippen molar-refractivity contribution in [3.63, 3.8) is 0 Å². The van der Waals surface area contributed by atoms with Crippen LogP contribution in [0.1, 0.15) is 6.92 Å². The summed E-state index contributed by atoms with van der Waals surface area (Å²) in [7, 11) is 1.41. The molecule has 0 unspecified atom stereocenters. The van der Waals surface area contributed by atoms with E-state index in [-0.39, 0.29) is 11.3 Å². The van der Waals surface area contributed by atoms with Crippen LogP contribution in [0, 0.1) is 5.82 Å². The number of aliphatic carboxylic acids is 1. The number of aromatic nitrogens is 2. The summed E-state index contributed by atoms with van der Waals surface area (Å²) < 4.78 is 19.9. The van der Waals surface area contributed by atoms with Crippen LogP contribution in [-0.4, -0.2) is 39.9 Å². The number of carboxylic acid groups (broad SMARTS) is 1. The summed E-state index contributed by atoms with van der Waals surface area (Å²) in [4.78, 5) is 34.4. The van der Waals surface area contributed by atoms with Crippen LogP contribution in [0.5, 0.6) is 5.75 Å². The minimum Gasteiger partial charge on any atom is -0.497 e. The molecule has 2 rings (SSSR count). The molecule has 0 aliphatic heterocycles. The quantitative estimate of drug-likeness (QED) is 0.792. The van der Waals surface area contributed by atoms with Gasteiger partial charge in [0.25, 0.3) is 5.56 Å². The summed E-state index contributed by atoms with van der Waals surface area (Å²) in [6, 6.07) is 5.54. The summed E-state index contributed by atoms with van der Waals surface area (Å²) in [6.07, 6.45) is 0. The first-order valence-electron chi connectivity index (χ1n) is 7.26. The highest BCUT2D eigenvalue weighted by atomic mass is 19.1. The summed E-state index contributed by atoms with van der Waals surface area (Å²) >= 11 is 0. The van der Waals surface area contributed by atoms with E-state index in [2.05, 4.69) is 10.4 Å². The first kappa shape index (κ1) is 18.1. The van der Waals surface area contributed by atoms with Crippen LogP contribution in [0.15, 0.2) is 35.1 Å². The van der Waals surface area contributed by atoms with Crippen molar-refractivity contribution < 1.29 is 23.8 Å². The Morgan fingerprint density at radius 3 is 2.68 bits per heavy atom. The van der Waals surface area contributed by atoms with E-state index in [1.54, 1.807) is 0 Å². The van der Waals surface area contributed by atoms with Gasteiger partial charge < -0.3 is 15.2 Å². The zero-order valence-electron chi connectivity index (χ0n) is 13.5. The van der Waals surface area contributed by atoms with Gasteiger partial charge >= 0.3 is 5.97 Å². The molecule has 0 bridgehead atoms. The number of ether oxygens (including phenoxy) is 1. The lowest BCUT2D eigenvalue weighted by Gasteiger charge is -2.11. The molecule has 2 N–H and O–H groups in total. The largest absolute Gasteiger partial charge is 0.497 e. The van der Waals surface area contributed by atoms with Crippen molar-refractivity contribution in [2.24, 2.45) is 0 Å². The lowest BCUT2D eigenvalue weighted by atomic mass is 10.1. The van der Waals surface area contributed by atoms with Gasteiger partial charge in [-0.25, -0.2) is 9.07 Å². The number of benzene rings is 1. The highest BCUT2D eigenvalue weighted by Crippen LogP contribution is 2.23. The highest BCUT2D eigenvalue weighted by molar-refractivity contribution is 5.83. The number of amides is 1. The van der Waals surface area contributed by atoms with Crippen LogP contribution in [0.4, 0.5) is 4.39 Å². The smallest absolute Gasteiger partial charge is 0.325 e. The Morgan fingerprint density at radius 2 is 2.08 bits per heavy atom. The molecule has 1 atom stereocenters. The second-order valence-corrected chi connectivity index (χ2v) is 5.19. The van der Waals surface area contributed by atoms with Gasteiger partial charge in [-0.15, -0.1) is 0 Å². The number of methoxy groups -OCH3 is 1. The summed E-state index contributed by atoms with van der Waals surface area (Å²) in [5.41, 5.74) is -0.288.